The van der Waals surface area contributed by atoms with Gasteiger partial charge in [0.25, 0.3) is 0 Å². The highest BCUT2D eigenvalue weighted by atomic mass is 28.3. The van der Waals surface area contributed by atoms with E-state index < -0.39 is 8.80 Å². The molecular weight excluding hydrogens is 292 g/mol. The molecule has 0 aromatic heterocycles. The summed E-state index contributed by atoms with van der Waals surface area (Å²) in [5.74, 6) is 0. The van der Waals surface area contributed by atoms with E-state index in [0.29, 0.717) is 0 Å². The minimum Gasteiger partial charge on any atom is -0.0621 e. The monoisotopic (exact) mass is 315 g/mol. The highest BCUT2D eigenvalue weighted by Crippen LogP contribution is 2.20. The largest absolute Gasteiger partial charge is 0.428 e. The van der Waals surface area contributed by atoms with Crippen LogP contribution in [0.5, 0.6) is 0 Å². The molecule has 0 radical (unpaired) electrons. The topological polar surface area (TPSA) is 0 Å². The summed E-state index contributed by atoms with van der Waals surface area (Å²) in [6.45, 7) is 6.80. The molecule has 23 heavy (non-hydrogen) atoms. The fraction of sp³-hybridized carbons (Fsp3) is 0.182. The van der Waals surface area contributed by atoms with E-state index in [9.17, 15) is 0 Å². The minimum atomic E-state index is -0.939. The first-order chi connectivity index (χ1) is 11.1. The lowest BCUT2D eigenvalue weighted by atomic mass is 9.87. The van der Waals surface area contributed by atoms with Gasteiger partial charge in [0.1, 0.15) is 15.6 Å². The van der Waals surface area contributed by atoms with Gasteiger partial charge in [-0.3, -0.25) is 0 Å². The molecule has 0 saturated carbocycles. The molecule has 0 N–H and O–H groups in total. The molecule has 3 rings (SSSR count). The predicted octanol–water partition coefficient (Wildman–Crippen LogP) is 3.50. The third kappa shape index (κ3) is 3.62. The summed E-state index contributed by atoms with van der Waals surface area (Å²) in [6.07, 6.45) is 0. The quantitative estimate of drug-likeness (QED) is 0.512. The summed E-state index contributed by atoms with van der Waals surface area (Å²) in [5, 5.41) is 4.32. The van der Waals surface area contributed by atoms with Crippen LogP contribution in [0, 0.1) is 0 Å². The average molecular weight is 316 g/mol. The van der Waals surface area contributed by atoms with Crippen LogP contribution >= 0.6 is 0 Å². The van der Waals surface area contributed by atoms with Gasteiger partial charge in [-0.2, -0.15) is 0 Å². The van der Waals surface area contributed by atoms with Gasteiger partial charge in [-0.25, -0.2) is 0 Å². The lowest BCUT2D eigenvalue weighted by molar-refractivity contribution is 0.590. The number of hydrogen-bond acceptors (Lipinski definition) is 0. The first-order valence-corrected chi connectivity index (χ1v) is 9.64. The Morgan fingerprint density at radius 1 is 0.522 bits per heavy atom. The van der Waals surface area contributed by atoms with Crippen molar-refractivity contribution in [2.75, 3.05) is 0 Å². The van der Waals surface area contributed by atoms with E-state index in [-0.39, 0.29) is 5.41 Å². The number of rotatable bonds is 3. The molecule has 0 aliphatic heterocycles. The number of hydrogen-bond donors (Lipinski definition) is 0. The van der Waals surface area contributed by atoms with E-state index in [0.717, 1.165) is 0 Å². The van der Waals surface area contributed by atoms with Gasteiger partial charge < -0.3 is 0 Å². The van der Waals surface area contributed by atoms with Gasteiger partial charge in [0.05, 0.1) is 0 Å². The SMILES string of the molecule is CC(C)(C)c1ccc([Si+](c2ccccc2)c2ccccc2)cc1. The summed E-state index contributed by atoms with van der Waals surface area (Å²) in [5.41, 5.74) is 1.59. The first kappa shape index (κ1) is 15.8. The molecule has 3 aromatic carbocycles. The van der Waals surface area contributed by atoms with Crippen LogP contribution in [0.4, 0.5) is 0 Å². The van der Waals surface area contributed by atoms with Crippen molar-refractivity contribution in [1.29, 1.82) is 0 Å². The predicted molar refractivity (Wildman–Crippen MR) is 103 cm³/mol. The third-order valence-corrected chi connectivity index (χ3v) is 6.90. The van der Waals surface area contributed by atoms with Crippen molar-refractivity contribution in [3.05, 3.63) is 90.5 Å². The maximum absolute atomic E-state index is 2.33. The van der Waals surface area contributed by atoms with Crippen LogP contribution in [0.2, 0.25) is 0 Å². The van der Waals surface area contributed by atoms with Crippen molar-refractivity contribution in [3.63, 3.8) is 0 Å². The minimum absolute atomic E-state index is 0.199. The van der Waals surface area contributed by atoms with Gasteiger partial charge in [-0.15, -0.1) is 0 Å². The Kier molecular flexibility index (Phi) is 4.49. The Labute approximate surface area is 141 Å². The van der Waals surface area contributed by atoms with E-state index in [2.05, 4.69) is 106 Å². The summed E-state index contributed by atoms with van der Waals surface area (Å²) < 4.78 is 0. The zero-order valence-corrected chi connectivity index (χ0v) is 15.1. The van der Waals surface area contributed by atoms with Gasteiger partial charge in [-0.05, 0) is 47.4 Å². The van der Waals surface area contributed by atoms with Gasteiger partial charge in [-0.1, -0.05) is 69.3 Å². The van der Waals surface area contributed by atoms with Gasteiger partial charge in [0.2, 0.25) is 0 Å². The van der Waals surface area contributed by atoms with E-state index in [4.69, 9.17) is 0 Å². The molecule has 114 valence electrons. The zero-order valence-electron chi connectivity index (χ0n) is 14.1. The second-order valence-corrected chi connectivity index (χ2v) is 9.42. The van der Waals surface area contributed by atoms with E-state index in [1.165, 1.54) is 21.1 Å². The van der Waals surface area contributed by atoms with Crippen LogP contribution in [-0.2, 0) is 5.41 Å². The van der Waals surface area contributed by atoms with Crippen molar-refractivity contribution in [2.45, 2.75) is 26.2 Å². The highest BCUT2D eigenvalue weighted by molar-refractivity contribution is 6.95. The summed E-state index contributed by atoms with van der Waals surface area (Å²) in [4.78, 5) is 0. The van der Waals surface area contributed by atoms with E-state index in [1.54, 1.807) is 0 Å². The maximum atomic E-state index is 2.33. The normalized spacial score (nSPS) is 11.3. The van der Waals surface area contributed by atoms with Crippen LogP contribution in [0.25, 0.3) is 0 Å². The Morgan fingerprint density at radius 3 is 1.30 bits per heavy atom. The molecule has 0 fully saturated rings. The zero-order chi connectivity index (χ0) is 16.3. The molecule has 0 amide bonds. The lowest BCUT2D eigenvalue weighted by Crippen LogP contribution is -2.51. The van der Waals surface area contributed by atoms with Crippen molar-refractivity contribution in [3.8, 4) is 0 Å². The second kappa shape index (κ2) is 6.55. The van der Waals surface area contributed by atoms with Gasteiger partial charge in [0, 0.05) is 0 Å². The van der Waals surface area contributed by atoms with E-state index in [1.807, 2.05) is 0 Å². The second-order valence-electron chi connectivity index (χ2n) is 6.93. The molecule has 3 aromatic rings. The van der Waals surface area contributed by atoms with Crippen molar-refractivity contribution < 1.29 is 0 Å². The smallest absolute Gasteiger partial charge is 0.0621 e. The summed E-state index contributed by atoms with van der Waals surface area (Å²) in [6, 6.07) is 31.1. The average Bonchev–Trinajstić information content (AvgIpc) is 2.57. The molecule has 0 unspecified atom stereocenters. The van der Waals surface area contributed by atoms with Crippen molar-refractivity contribution in [2.24, 2.45) is 0 Å². The molecule has 0 nitrogen and oxygen atoms in total. The summed E-state index contributed by atoms with van der Waals surface area (Å²) in [7, 11) is -0.939. The third-order valence-electron chi connectivity index (χ3n) is 4.16. The lowest BCUT2D eigenvalue weighted by Gasteiger charge is -2.18. The van der Waals surface area contributed by atoms with E-state index >= 15 is 0 Å². The van der Waals surface area contributed by atoms with Gasteiger partial charge >= 0.3 is 8.80 Å². The van der Waals surface area contributed by atoms with Crippen LogP contribution in [0.15, 0.2) is 84.9 Å². The Morgan fingerprint density at radius 2 is 0.913 bits per heavy atom. The van der Waals surface area contributed by atoms with Crippen LogP contribution in [0.1, 0.15) is 26.3 Å². The Bertz CT molecular complexity index is 698. The fourth-order valence-corrected chi connectivity index (χ4v) is 5.40. The standard InChI is InChI=1S/C22H23Si/c1-22(2,3)18-14-16-21(17-15-18)23(19-10-6-4-7-11-19)20-12-8-5-9-13-20/h4-17H,1-3H3/q+1. The molecular formula is C22H23Si+. The molecule has 0 aliphatic rings. The Balaban J connectivity index is 2.06. The highest BCUT2D eigenvalue weighted by Gasteiger charge is 2.35. The molecule has 0 saturated heterocycles. The molecule has 0 spiro atoms. The molecule has 0 bridgehead atoms. The molecule has 0 atom stereocenters. The molecule has 0 aliphatic carbocycles. The fourth-order valence-electron chi connectivity index (χ4n) is 2.85. The summed E-state index contributed by atoms with van der Waals surface area (Å²) >= 11 is 0. The first-order valence-electron chi connectivity index (χ1n) is 8.14. The van der Waals surface area contributed by atoms with Crippen LogP contribution in [0.3, 0.4) is 0 Å². The number of benzene rings is 3. The van der Waals surface area contributed by atoms with Crippen molar-refractivity contribution in [1.82, 2.24) is 0 Å². The van der Waals surface area contributed by atoms with Crippen LogP contribution < -0.4 is 15.6 Å². The molecule has 0 heterocycles. The van der Waals surface area contributed by atoms with Gasteiger partial charge in [0.15, 0.2) is 0 Å². The Hall–Kier alpha value is -2.12. The maximum Gasteiger partial charge on any atom is 0.428 e. The van der Waals surface area contributed by atoms with Crippen LogP contribution in [-0.4, -0.2) is 8.80 Å². The van der Waals surface area contributed by atoms with Crippen molar-refractivity contribution >= 4 is 24.4 Å². The molecule has 1 heteroatoms.